The molecule has 0 aliphatic carbocycles. The first-order chi connectivity index (χ1) is 12.7. The van der Waals surface area contributed by atoms with Gasteiger partial charge in [-0.1, -0.05) is 0 Å². The highest BCUT2D eigenvalue weighted by Gasteiger charge is 2.19. The van der Waals surface area contributed by atoms with Crippen molar-refractivity contribution in [3.8, 4) is 5.75 Å². The molecule has 0 aromatic heterocycles. The van der Waals surface area contributed by atoms with E-state index < -0.39 is 15.5 Å². The van der Waals surface area contributed by atoms with Gasteiger partial charge in [0.05, 0.1) is 35.4 Å². The largest absolute Gasteiger partial charge is 0.489 e. The molecule has 142 valence electrons. The van der Waals surface area contributed by atoms with E-state index in [9.17, 15) is 20.2 Å². The van der Waals surface area contributed by atoms with Crippen molar-refractivity contribution in [2.24, 2.45) is 5.10 Å². The average molecular weight is 596 g/mol. The van der Waals surface area contributed by atoms with Crippen LogP contribution in [0.1, 0.15) is 19.4 Å². The number of hydrogen-bond acceptors (Lipinski definition) is 7. The molecule has 0 aliphatic rings. The Balaban J connectivity index is 2.23. The van der Waals surface area contributed by atoms with Crippen molar-refractivity contribution < 1.29 is 14.6 Å². The average Bonchev–Trinajstić information content (AvgIpc) is 2.58. The van der Waals surface area contributed by atoms with E-state index in [1.54, 1.807) is 0 Å². The van der Waals surface area contributed by atoms with Gasteiger partial charge < -0.3 is 4.74 Å². The highest BCUT2D eigenvalue weighted by molar-refractivity contribution is 14.1. The summed E-state index contributed by atoms with van der Waals surface area (Å²) in [6, 6.07) is 7.06. The Morgan fingerprint density at radius 3 is 2.26 bits per heavy atom. The summed E-state index contributed by atoms with van der Waals surface area (Å²) in [5.41, 5.74) is 2.62. The topological polar surface area (TPSA) is 120 Å². The van der Waals surface area contributed by atoms with Crippen molar-refractivity contribution in [1.82, 2.24) is 0 Å². The summed E-state index contributed by atoms with van der Waals surface area (Å²) in [6.07, 6.45) is 1.56. The van der Waals surface area contributed by atoms with Crippen LogP contribution in [0.25, 0.3) is 0 Å². The lowest BCUT2D eigenvalue weighted by atomic mass is 10.2. The zero-order chi connectivity index (χ0) is 20.1. The lowest BCUT2D eigenvalue weighted by Gasteiger charge is -2.14. The number of nitrogens with one attached hydrogen (secondary N) is 1. The molecule has 2 rings (SSSR count). The zero-order valence-corrected chi connectivity index (χ0v) is 18.5. The summed E-state index contributed by atoms with van der Waals surface area (Å²) >= 11 is 4.33. The molecule has 0 saturated heterocycles. The molecule has 0 fully saturated rings. The van der Waals surface area contributed by atoms with Gasteiger partial charge in [0.2, 0.25) is 0 Å². The van der Waals surface area contributed by atoms with Gasteiger partial charge in [0.1, 0.15) is 11.4 Å². The fraction of sp³-hybridized carbons (Fsp3) is 0.188. The fourth-order valence-electron chi connectivity index (χ4n) is 2.06. The number of anilines is 1. The van der Waals surface area contributed by atoms with Crippen molar-refractivity contribution in [2.45, 2.75) is 20.0 Å². The summed E-state index contributed by atoms with van der Waals surface area (Å²) in [7, 11) is 0. The predicted molar refractivity (Wildman–Crippen MR) is 119 cm³/mol. The lowest BCUT2D eigenvalue weighted by Crippen LogP contribution is -2.08. The van der Waals surface area contributed by atoms with Crippen molar-refractivity contribution in [2.75, 3.05) is 5.43 Å². The number of nitro benzene ring substituents is 2. The number of nitrogens with zero attached hydrogens (tertiary/aromatic N) is 3. The van der Waals surface area contributed by atoms with Crippen LogP contribution in [-0.2, 0) is 0 Å². The molecule has 0 bridgehead atoms. The minimum Gasteiger partial charge on any atom is -0.489 e. The van der Waals surface area contributed by atoms with Gasteiger partial charge in [-0.25, -0.2) is 0 Å². The molecule has 9 nitrogen and oxygen atoms in total. The summed E-state index contributed by atoms with van der Waals surface area (Å²) in [6.45, 7) is 3.89. The minimum atomic E-state index is -0.700. The summed E-state index contributed by atoms with van der Waals surface area (Å²) in [4.78, 5) is 20.5. The summed E-state index contributed by atoms with van der Waals surface area (Å²) < 4.78 is 7.60. The number of non-ortho nitro benzene ring substituents is 1. The second kappa shape index (κ2) is 9.25. The van der Waals surface area contributed by atoms with E-state index in [0.717, 1.165) is 24.5 Å². The molecule has 0 unspecified atom stereocenters. The standard InChI is InChI=1S/C16H14I2N4O5/c1-9(2)27-16-12(17)5-10(6-13(16)18)8-19-20-14-4-3-11(21(23)24)7-15(14)22(25)26/h3-9,20H,1-2H3/b19-8-. The highest BCUT2D eigenvalue weighted by atomic mass is 127. The number of nitro groups is 2. The first-order valence-electron chi connectivity index (χ1n) is 7.56. The van der Waals surface area contributed by atoms with Crippen LogP contribution in [0, 0.1) is 27.4 Å². The number of benzene rings is 2. The quantitative estimate of drug-likeness (QED) is 0.209. The third-order valence-electron chi connectivity index (χ3n) is 3.16. The third kappa shape index (κ3) is 5.72. The Kier molecular flexibility index (Phi) is 7.29. The molecular formula is C16H14I2N4O5. The molecule has 2 aromatic carbocycles. The molecule has 0 atom stereocenters. The van der Waals surface area contributed by atoms with Gasteiger partial charge in [-0.15, -0.1) is 0 Å². The SMILES string of the molecule is CC(C)Oc1c(I)cc(/C=N\Nc2ccc([N+](=O)[O-])cc2[N+](=O)[O-])cc1I. The van der Waals surface area contributed by atoms with Gasteiger partial charge >= 0.3 is 5.69 Å². The van der Waals surface area contributed by atoms with Crippen LogP contribution in [0.3, 0.4) is 0 Å². The molecule has 2 aromatic rings. The number of hydrazone groups is 1. The van der Waals surface area contributed by atoms with Crippen molar-refractivity contribution in [1.29, 1.82) is 0 Å². The molecule has 0 radical (unpaired) electrons. The Morgan fingerprint density at radius 2 is 1.74 bits per heavy atom. The Bertz CT molecular complexity index is 895. The molecule has 1 N–H and O–H groups in total. The maximum Gasteiger partial charge on any atom is 0.301 e. The van der Waals surface area contributed by atoms with Crippen molar-refractivity contribution in [3.63, 3.8) is 0 Å². The van der Waals surface area contributed by atoms with Gasteiger partial charge in [-0.05, 0) is 82.8 Å². The van der Waals surface area contributed by atoms with Gasteiger partial charge in [-0.3, -0.25) is 25.7 Å². The Morgan fingerprint density at radius 1 is 1.11 bits per heavy atom. The van der Waals surface area contributed by atoms with Gasteiger partial charge in [0.15, 0.2) is 0 Å². The second-order valence-corrected chi connectivity index (χ2v) is 7.89. The molecule has 27 heavy (non-hydrogen) atoms. The van der Waals surface area contributed by atoms with Gasteiger partial charge in [0.25, 0.3) is 5.69 Å². The Labute approximate surface area is 181 Å². The third-order valence-corrected chi connectivity index (χ3v) is 4.76. The van der Waals surface area contributed by atoms with E-state index in [4.69, 9.17) is 4.74 Å². The zero-order valence-electron chi connectivity index (χ0n) is 14.2. The number of ether oxygens (including phenoxy) is 1. The maximum absolute atomic E-state index is 11.1. The molecule has 0 heterocycles. The van der Waals surface area contributed by atoms with Gasteiger partial charge in [-0.2, -0.15) is 5.10 Å². The molecule has 0 aliphatic heterocycles. The summed E-state index contributed by atoms with van der Waals surface area (Å²) in [5, 5.41) is 25.9. The van der Waals surface area contributed by atoms with Crippen LogP contribution in [0.4, 0.5) is 17.1 Å². The van der Waals surface area contributed by atoms with Crippen LogP contribution in [0.2, 0.25) is 0 Å². The van der Waals surface area contributed by atoms with Crippen LogP contribution in [0.5, 0.6) is 5.75 Å². The van der Waals surface area contributed by atoms with E-state index in [0.29, 0.717) is 0 Å². The van der Waals surface area contributed by atoms with Crippen molar-refractivity contribution >= 4 is 68.5 Å². The monoisotopic (exact) mass is 596 g/mol. The van der Waals surface area contributed by atoms with Crippen LogP contribution in [0.15, 0.2) is 35.4 Å². The predicted octanol–water partition coefficient (Wildman–Crippen LogP) is 4.95. The first kappa shape index (κ1) is 21.3. The first-order valence-corrected chi connectivity index (χ1v) is 9.72. The lowest BCUT2D eigenvalue weighted by molar-refractivity contribution is -0.393. The highest BCUT2D eigenvalue weighted by Crippen LogP contribution is 2.30. The van der Waals surface area contributed by atoms with E-state index in [-0.39, 0.29) is 17.5 Å². The summed E-state index contributed by atoms with van der Waals surface area (Å²) in [5.74, 6) is 0.794. The smallest absolute Gasteiger partial charge is 0.301 e. The molecule has 0 saturated carbocycles. The fourth-order valence-corrected chi connectivity index (χ4v) is 4.13. The number of hydrogen-bond donors (Lipinski definition) is 1. The molecule has 0 amide bonds. The van der Waals surface area contributed by atoms with E-state index in [1.807, 2.05) is 26.0 Å². The Hall–Kier alpha value is -2.03. The van der Waals surface area contributed by atoms with E-state index in [2.05, 4.69) is 55.7 Å². The van der Waals surface area contributed by atoms with Crippen molar-refractivity contribution in [3.05, 3.63) is 63.3 Å². The number of halogens is 2. The van der Waals surface area contributed by atoms with Crippen LogP contribution < -0.4 is 10.2 Å². The van der Waals surface area contributed by atoms with Crippen LogP contribution in [-0.4, -0.2) is 22.2 Å². The second-order valence-electron chi connectivity index (χ2n) is 5.57. The van der Waals surface area contributed by atoms with Crippen LogP contribution >= 0.6 is 45.2 Å². The minimum absolute atomic E-state index is 0.0518. The van der Waals surface area contributed by atoms with Gasteiger partial charge in [0, 0.05) is 6.07 Å². The normalized spacial score (nSPS) is 11.0. The van der Waals surface area contributed by atoms with E-state index >= 15 is 0 Å². The van der Waals surface area contributed by atoms with E-state index in [1.165, 1.54) is 18.3 Å². The number of rotatable bonds is 7. The molecular weight excluding hydrogens is 582 g/mol. The molecule has 0 spiro atoms. The molecule has 11 heteroatoms. The maximum atomic E-state index is 11.1.